The van der Waals surface area contributed by atoms with E-state index >= 15 is 0 Å². The minimum atomic E-state index is -1.09. The van der Waals surface area contributed by atoms with E-state index in [2.05, 4.69) is 15.4 Å². The van der Waals surface area contributed by atoms with Crippen LogP contribution in [0.2, 0.25) is 0 Å². The third kappa shape index (κ3) is 3.14. The van der Waals surface area contributed by atoms with Crippen molar-refractivity contribution in [2.24, 2.45) is 7.05 Å². The van der Waals surface area contributed by atoms with Gasteiger partial charge in [-0.15, -0.1) is 0 Å². The van der Waals surface area contributed by atoms with Gasteiger partial charge in [0.25, 0.3) is 5.91 Å². The molecule has 1 amide bonds. The predicted octanol–water partition coefficient (Wildman–Crippen LogP) is 2.43. The molecule has 0 atom stereocenters. The number of hydrogen-bond acceptors (Lipinski definition) is 4. The van der Waals surface area contributed by atoms with Crippen molar-refractivity contribution in [3.05, 3.63) is 66.2 Å². The molecule has 24 heavy (non-hydrogen) atoms. The van der Waals surface area contributed by atoms with E-state index in [9.17, 15) is 9.59 Å². The smallest absolute Gasteiger partial charge is 0.354 e. The molecule has 120 valence electrons. The van der Waals surface area contributed by atoms with E-state index < -0.39 is 5.97 Å². The van der Waals surface area contributed by atoms with Crippen LogP contribution >= 0.6 is 0 Å². The molecule has 2 aromatic heterocycles. The Bertz CT molecular complexity index is 900. The number of anilines is 1. The van der Waals surface area contributed by atoms with Gasteiger partial charge in [-0.05, 0) is 17.7 Å². The van der Waals surface area contributed by atoms with Crippen LogP contribution < -0.4 is 5.32 Å². The number of nitrogens with one attached hydrogen (secondary N) is 1. The quantitative estimate of drug-likeness (QED) is 0.769. The van der Waals surface area contributed by atoms with E-state index in [-0.39, 0.29) is 11.6 Å². The van der Waals surface area contributed by atoms with Crippen LogP contribution in [0.4, 0.5) is 5.69 Å². The van der Waals surface area contributed by atoms with Gasteiger partial charge in [-0.3, -0.25) is 9.48 Å². The lowest BCUT2D eigenvalue weighted by Gasteiger charge is -2.09. The summed E-state index contributed by atoms with van der Waals surface area (Å²) in [7, 11) is 1.76. The molecule has 0 spiro atoms. The third-order valence-corrected chi connectivity index (χ3v) is 3.43. The number of amides is 1. The van der Waals surface area contributed by atoms with Crippen LogP contribution in [0.3, 0.4) is 0 Å². The van der Waals surface area contributed by atoms with Crippen molar-refractivity contribution in [1.29, 1.82) is 0 Å². The van der Waals surface area contributed by atoms with Crippen molar-refractivity contribution in [1.82, 2.24) is 14.8 Å². The lowest BCUT2D eigenvalue weighted by Crippen LogP contribution is -2.12. The molecule has 0 fully saturated rings. The Morgan fingerprint density at radius 3 is 2.54 bits per heavy atom. The average molecular weight is 322 g/mol. The van der Waals surface area contributed by atoms with Crippen molar-refractivity contribution in [2.75, 3.05) is 5.32 Å². The lowest BCUT2D eigenvalue weighted by atomic mass is 10.0. The van der Waals surface area contributed by atoms with Crippen LogP contribution in [0.1, 0.15) is 20.8 Å². The minimum absolute atomic E-state index is 0.0453. The number of aromatic nitrogens is 3. The van der Waals surface area contributed by atoms with Gasteiger partial charge in [-0.25, -0.2) is 9.78 Å². The molecule has 0 saturated heterocycles. The Hall–Kier alpha value is -3.48. The number of pyridine rings is 1. The van der Waals surface area contributed by atoms with Gasteiger partial charge in [0.15, 0.2) is 0 Å². The zero-order chi connectivity index (χ0) is 17.1. The minimum Gasteiger partial charge on any atom is -0.477 e. The molecule has 0 aliphatic heterocycles. The normalized spacial score (nSPS) is 10.4. The first-order valence-electron chi connectivity index (χ1n) is 7.13. The second kappa shape index (κ2) is 6.33. The Kier molecular flexibility index (Phi) is 4.07. The molecule has 0 aliphatic carbocycles. The number of hydrogen-bond donors (Lipinski definition) is 2. The highest BCUT2D eigenvalue weighted by Gasteiger charge is 2.14. The molecular formula is C17H14N4O3. The molecule has 7 heteroatoms. The summed E-state index contributed by atoms with van der Waals surface area (Å²) in [6, 6.07) is 10.1. The maximum atomic E-state index is 12.5. The Balaban J connectivity index is 1.92. The molecule has 0 radical (unpaired) electrons. The molecule has 0 unspecified atom stereocenters. The van der Waals surface area contributed by atoms with Crippen LogP contribution in [0, 0.1) is 0 Å². The number of nitrogens with zero attached hydrogens (tertiary/aromatic N) is 3. The maximum Gasteiger partial charge on any atom is 0.354 e. The summed E-state index contributed by atoms with van der Waals surface area (Å²) in [5.74, 6) is -1.37. The van der Waals surface area contributed by atoms with Crippen molar-refractivity contribution in [3.8, 4) is 11.1 Å². The molecule has 3 rings (SSSR count). The molecule has 0 saturated carbocycles. The van der Waals surface area contributed by atoms with Crippen molar-refractivity contribution >= 4 is 17.6 Å². The topological polar surface area (TPSA) is 97.1 Å². The summed E-state index contributed by atoms with van der Waals surface area (Å²) >= 11 is 0. The van der Waals surface area contributed by atoms with Crippen molar-refractivity contribution in [2.45, 2.75) is 0 Å². The number of aromatic carboxylic acids is 1. The van der Waals surface area contributed by atoms with E-state index in [4.69, 9.17) is 5.11 Å². The molecule has 2 heterocycles. The zero-order valence-electron chi connectivity index (χ0n) is 12.8. The van der Waals surface area contributed by atoms with Gasteiger partial charge in [0.2, 0.25) is 0 Å². The maximum absolute atomic E-state index is 12.5. The van der Waals surface area contributed by atoms with E-state index in [0.29, 0.717) is 22.4 Å². The van der Waals surface area contributed by atoms with E-state index in [1.54, 1.807) is 54.5 Å². The van der Waals surface area contributed by atoms with Crippen LogP contribution in [-0.2, 0) is 7.05 Å². The van der Waals surface area contributed by atoms with Crippen LogP contribution in [0.15, 0.2) is 55.0 Å². The fourth-order valence-corrected chi connectivity index (χ4v) is 2.30. The molecule has 2 N–H and O–H groups in total. The van der Waals surface area contributed by atoms with Gasteiger partial charge < -0.3 is 10.4 Å². The van der Waals surface area contributed by atoms with E-state index in [1.165, 1.54) is 12.3 Å². The fourth-order valence-electron chi connectivity index (χ4n) is 2.30. The lowest BCUT2D eigenvalue weighted by molar-refractivity contribution is 0.0690. The first-order valence-corrected chi connectivity index (χ1v) is 7.13. The van der Waals surface area contributed by atoms with Crippen molar-refractivity contribution in [3.63, 3.8) is 0 Å². The molecule has 0 aliphatic rings. The van der Waals surface area contributed by atoms with Gasteiger partial charge >= 0.3 is 5.97 Å². The summed E-state index contributed by atoms with van der Waals surface area (Å²) in [4.78, 5) is 27.3. The summed E-state index contributed by atoms with van der Waals surface area (Å²) in [6.45, 7) is 0. The van der Waals surface area contributed by atoms with Gasteiger partial charge in [-0.1, -0.05) is 24.3 Å². The number of carbonyl (C=O) groups excluding carboxylic acids is 1. The van der Waals surface area contributed by atoms with Crippen LogP contribution in [0.25, 0.3) is 11.1 Å². The second-order valence-electron chi connectivity index (χ2n) is 5.14. The predicted molar refractivity (Wildman–Crippen MR) is 87.8 cm³/mol. The van der Waals surface area contributed by atoms with Gasteiger partial charge in [-0.2, -0.15) is 5.10 Å². The van der Waals surface area contributed by atoms with Gasteiger partial charge in [0.05, 0.1) is 11.9 Å². The van der Waals surface area contributed by atoms with E-state index in [1.807, 2.05) is 0 Å². The first-order chi connectivity index (χ1) is 11.5. The summed E-state index contributed by atoms with van der Waals surface area (Å²) in [5.41, 5.74) is 2.35. The summed E-state index contributed by atoms with van der Waals surface area (Å²) in [6.07, 6.45) is 4.70. The fraction of sp³-hybridized carbons (Fsp3) is 0.0588. The van der Waals surface area contributed by atoms with Crippen molar-refractivity contribution < 1.29 is 14.7 Å². The SMILES string of the molecule is Cn1cc(NC(=O)c2ccccc2-c2ccc(C(=O)O)nc2)cn1. The third-order valence-electron chi connectivity index (χ3n) is 3.43. The number of benzene rings is 1. The highest BCUT2D eigenvalue weighted by molar-refractivity contribution is 6.08. The molecule has 3 aromatic rings. The Labute approximate surface area is 137 Å². The molecule has 7 nitrogen and oxygen atoms in total. The summed E-state index contributed by atoms with van der Waals surface area (Å²) in [5, 5.41) is 15.7. The molecular weight excluding hydrogens is 308 g/mol. The average Bonchev–Trinajstić information content (AvgIpc) is 3.00. The van der Waals surface area contributed by atoms with Gasteiger partial charge in [0, 0.05) is 30.6 Å². The van der Waals surface area contributed by atoms with E-state index in [0.717, 1.165) is 0 Å². The van der Waals surface area contributed by atoms with Gasteiger partial charge in [0.1, 0.15) is 5.69 Å². The largest absolute Gasteiger partial charge is 0.477 e. The monoisotopic (exact) mass is 322 g/mol. The van der Waals surface area contributed by atoms with Crippen LogP contribution in [0.5, 0.6) is 0 Å². The number of carboxylic acid groups (broad SMARTS) is 1. The standard InChI is InChI=1S/C17H14N4O3/c1-21-10-12(9-19-21)20-16(22)14-5-3-2-4-13(14)11-6-7-15(17(23)24)18-8-11/h2-10H,1H3,(H,20,22)(H,23,24). The summed E-state index contributed by atoms with van der Waals surface area (Å²) < 4.78 is 1.59. The Morgan fingerprint density at radius 2 is 1.92 bits per heavy atom. The Morgan fingerprint density at radius 1 is 1.12 bits per heavy atom. The van der Waals surface area contributed by atoms with Crippen LogP contribution in [-0.4, -0.2) is 31.7 Å². The number of aryl methyl sites for hydroxylation is 1. The highest BCUT2D eigenvalue weighted by Crippen LogP contribution is 2.24. The number of carbonyl (C=O) groups is 2. The molecule has 1 aromatic carbocycles. The number of rotatable bonds is 4. The molecule has 0 bridgehead atoms. The number of carboxylic acids is 1. The second-order valence-corrected chi connectivity index (χ2v) is 5.14. The highest BCUT2D eigenvalue weighted by atomic mass is 16.4. The zero-order valence-corrected chi connectivity index (χ0v) is 12.8. The first kappa shape index (κ1) is 15.4.